The SMILES string of the molecule is CCCCCCCC(=O)N[C@@H]1C[C@@H]1O[C@H](C)C(=O)N[C@@H](C)C(=O)N[C@H](CCC(=O)O)C(N)=O. The van der Waals surface area contributed by atoms with Crippen molar-refractivity contribution in [3.05, 3.63) is 0 Å². The molecule has 5 atom stereocenters. The second kappa shape index (κ2) is 14.5. The number of rotatable bonds is 17. The van der Waals surface area contributed by atoms with Crippen molar-refractivity contribution in [3.8, 4) is 0 Å². The maximum absolute atomic E-state index is 12.3. The van der Waals surface area contributed by atoms with Crippen LogP contribution in [0, 0.1) is 0 Å². The van der Waals surface area contributed by atoms with Gasteiger partial charge in [-0.15, -0.1) is 0 Å². The van der Waals surface area contributed by atoms with Crippen LogP contribution in [0.3, 0.4) is 0 Å². The summed E-state index contributed by atoms with van der Waals surface area (Å²) in [5.41, 5.74) is 5.19. The molecular weight excluding hydrogens is 432 g/mol. The number of carbonyl (C=O) groups excluding carboxylic acids is 4. The Hall–Kier alpha value is -2.69. The summed E-state index contributed by atoms with van der Waals surface area (Å²) in [5, 5.41) is 16.5. The van der Waals surface area contributed by atoms with Crippen LogP contribution in [-0.2, 0) is 28.7 Å². The van der Waals surface area contributed by atoms with Gasteiger partial charge in [0.15, 0.2) is 0 Å². The smallest absolute Gasteiger partial charge is 0.303 e. The van der Waals surface area contributed by atoms with Crippen LogP contribution in [-0.4, -0.2) is 65.0 Å². The first-order valence-corrected chi connectivity index (χ1v) is 11.6. The Balaban J connectivity index is 2.33. The average Bonchev–Trinajstić information content (AvgIpc) is 3.46. The molecule has 0 spiro atoms. The summed E-state index contributed by atoms with van der Waals surface area (Å²) in [6.45, 7) is 5.11. The molecule has 1 aliphatic carbocycles. The number of hydrogen-bond acceptors (Lipinski definition) is 6. The first-order valence-electron chi connectivity index (χ1n) is 11.6. The van der Waals surface area contributed by atoms with Crippen molar-refractivity contribution in [3.63, 3.8) is 0 Å². The van der Waals surface area contributed by atoms with Gasteiger partial charge in [-0.2, -0.15) is 0 Å². The summed E-state index contributed by atoms with van der Waals surface area (Å²) in [5.74, 6) is -3.18. The van der Waals surface area contributed by atoms with E-state index < -0.39 is 41.9 Å². The van der Waals surface area contributed by atoms with Gasteiger partial charge in [0, 0.05) is 12.8 Å². The number of nitrogens with two attached hydrogens (primary N) is 1. The quantitative estimate of drug-likeness (QED) is 0.190. The van der Waals surface area contributed by atoms with Crippen molar-refractivity contribution in [2.75, 3.05) is 0 Å². The van der Waals surface area contributed by atoms with Crippen molar-refractivity contribution in [2.24, 2.45) is 5.73 Å². The Kier molecular flexibility index (Phi) is 12.4. The lowest BCUT2D eigenvalue weighted by Gasteiger charge is -2.20. The maximum atomic E-state index is 12.3. The van der Waals surface area contributed by atoms with Crippen molar-refractivity contribution >= 4 is 29.6 Å². The van der Waals surface area contributed by atoms with Crippen LogP contribution in [0.15, 0.2) is 0 Å². The minimum absolute atomic E-state index is 0.0168. The lowest BCUT2D eigenvalue weighted by Crippen LogP contribution is -2.53. The Labute approximate surface area is 194 Å². The molecule has 1 fully saturated rings. The highest BCUT2D eigenvalue weighted by molar-refractivity contribution is 5.92. The zero-order valence-electron chi connectivity index (χ0n) is 19.7. The molecule has 33 heavy (non-hydrogen) atoms. The lowest BCUT2D eigenvalue weighted by atomic mass is 10.1. The van der Waals surface area contributed by atoms with E-state index in [1.165, 1.54) is 13.3 Å². The number of unbranched alkanes of at least 4 members (excludes halogenated alkanes) is 4. The van der Waals surface area contributed by atoms with Crippen LogP contribution in [0.2, 0.25) is 0 Å². The molecule has 0 aromatic carbocycles. The molecule has 1 saturated carbocycles. The number of aliphatic carboxylic acids is 1. The Morgan fingerprint density at radius 3 is 2.27 bits per heavy atom. The number of carboxylic acids is 1. The van der Waals surface area contributed by atoms with Gasteiger partial charge in [0.2, 0.25) is 23.6 Å². The van der Waals surface area contributed by atoms with Crippen LogP contribution < -0.4 is 21.7 Å². The van der Waals surface area contributed by atoms with Crippen LogP contribution in [0.1, 0.15) is 78.6 Å². The van der Waals surface area contributed by atoms with Gasteiger partial charge in [-0.1, -0.05) is 32.6 Å². The number of amides is 4. The highest BCUT2D eigenvalue weighted by Gasteiger charge is 2.41. The van der Waals surface area contributed by atoms with E-state index in [0.29, 0.717) is 12.8 Å². The summed E-state index contributed by atoms with van der Waals surface area (Å²) in [6.07, 6.45) is 4.88. The van der Waals surface area contributed by atoms with Crippen LogP contribution in [0.4, 0.5) is 0 Å². The second-order valence-corrected chi connectivity index (χ2v) is 8.52. The lowest BCUT2D eigenvalue weighted by molar-refractivity contribution is -0.138. The molecule has 0 unspecified atom stereocenters. The predicted octanol–water partition coefficient (Wildman–Crippen LogP) is 0.349. The maximum Gasteiger partial charge on any atom is 0.303 e. The number of primary amides is 1. The van der Waals surface area contributed by atoms with Crippen molar-refractivity contribution in [2.45, 2.75) is 109 Å². The molecule has 1 aliphatic rings. The predicted molar refractivity (Wildman–Crippen MR) is 120 cm³/mol. The summed E-state index contributed by atoms with van der Waals surface area (Å²) in [6, 6.07) is -2.25. The molecule has 0 radical (unpaired) electrons. The molecule has 0 aromatic heterocycles. The summed E-state index contributed by atoms with van der Waals surface area (Å²) < 4.78 is 5.66. The Morgan fingerprint density at radius 1 is 1.00 bits per heavy atom. The summed E-state index contributed by atoms with van der Waals surface area (Å²) >= 11 is 0. The number of hydrogen-bond donors (Lipinski definition) is 5. The van der Waals surface area contributed by atoms with Gasteiger partial charge >= 0.3 is 5.97 Å². The standard InChI is InChI=1S/C22H38N4O7/c1-4-5-6-7-8-9-18(27)25-16-12-17(16)33-14(3)22(32)24-13(2)21(31)26-15(20(23)30)10-11-19(28)29/h13-17H,4-12H2,1-3H3,(H2,23,30)(H,24,32)(H,25,27)(H,26,31)(H,28,29)/t13-,14+,15+,16+,17-/m0/s1. The Morgan fingerprint density at radius 2 is 1.67 bits per heavy atom. The average molecular weight is 471 g/mol. The summed E-state index contributed by atoms with van der Waals surface area (Å²) in [7, 11) is 0. The number of ether oxygens (including phenoxy) is 1. The third-order valence-electron chi connectivity index (χ3n) is 5.39. The minimum Gasteiger partial charge on any atom is -0.481 e. The van der Waals surface area contributed by atoms with E-state index >= 15 is 0 Å². The normalized spacial score (nSPS) is 19.6. The third kappa shape index (κ3) is 11.7. The second-order valence-electron chi connectivity index (χ2n) is 8.52. The number of carboxylic acid groups (broad SMARTS) is 1. The molecule has 1 rings (SSSR count). The molecule has 6 N–H and O–H groups in total. The molecule has 0 aromatic rings. The van der Waals surface area contributed by atoms with E-state index in [2.05, 4.69) is 22.9 Å². The van der Waals surface area contributed by atoms with E-state index in [0.717, 1.165) is 25.7 Å². The molecule has 4 amide bonds. The highest BCUT2D eigenvalue weighted by Crippen LogP contribution is 2.27. The van der Waals surface area contributed by atoms with Gasteiger partial charge in [-0.25, -0.2) is 0 Å². The molecule has 0 saturated heterocycles. The summed E-state index contributed by atoms with van der Waals surface area (Å²) in [4.78, 5) is 58.6. The van der Waals surface area contributed by atoms with Crippen molar-refractivity contribution < 1.29 is 33.8 Å². The van der Waals surface area contributed by atoms with Crippen LogP contribution >= 0.6 is 0 Å². The highest BCUT2D eigenvalue weighted by atomic mass is 16.5. The van der Waals surface area contributed by atoms with Crippen molar-refractivity contribution in [1.82, 2.24) is 16.0 Å². The van der Waals surface area contributed by atoms with E-state index in [1.807, 2.05) is 0 Å². The van der Waals surface area contributed by atoms with E-state index in [-0.39, 0.29) is 30.9 Å². The Bertz CT molecular complexity index is 700. The third-order valence-corrected chi connectivity index (χ3v) is 5.39. The molecule has 0 heterocycles. The first kappa shape index (κ1) is 28.3. The molecule has 188 valence electrons. The van der Waals surface area contributed by atoms with Gasteiger partial charge in [0.1, 0.15) is 18.2 Å². The van der Waals surface area contributed by atoms with E-state index in [9.17, 15) is 24.0 Å². The molecule has 11 heteroatoms. The number of carbonyl (C=O) groups is 5. The van der Waals surface area contributed by atoms with Gasteiger partial charge in [-0.05, 0) is 33.1 Å². The molecule has 11 nitrogen and oxygen atoms in total. The fourth-order valence-electron chi connectivity index (χ4n) is 3.21. The number of nitrogens with one attached hydrogen (secondary N) is 3. The van der Waals surface area contributed by atoms with Gasteiger partial charge in [0.05, 0.1) is 12.1 Å². The monoisotopic (exact) mass is 470 g/mol. The van der Waals surface area contributed by atoms with Crippen LogP contribution in [0.25, 0.3) is 0 Å². The molecule has 0 bridgehead atoms. The fourth-order valence-corrected chi connectivity index (χ4v) is 3.21. The van der Waals surface area contributed by atoms with Crippen LogP contribution in [0.5, 0.6) is 0 Å². The zero-order valence-corrected chi connectivity index (χ0v) is 19.7. The molecule has 0 aliphatic heterocycles. The van der Waals surface area contributed by atoms with E-state index in [1.54, 1.807) is 6.92 Å². The van der Waals surface area contributed by atoms with Gasteiger partial charge < -0.3 is 31.5 Å². The van der Waals surface area contributed by atoms with Crippen molar-refractivity contribution in [1.29, 1.82) is 0 Å². The zero-order chi connectivity index (χ0) is 25.0. The van der Waals surface area contributed by atoms with E-state index in [4.69, 9.17) is 15.6 Å². The van der Waals surface area contributed by atoms with Gasteiger partial charge in [-0.3, -0.25) is 24.0 Å². The molecular formula is C22H38N4O7. The fraction of sp³-hybridized carbons (Fsp3) is 0.773. The topological polar surface area (TPSA) is 177 Å². The first-order chi connectivity index (χ1) is 15.5. The van der Waals surface area contributed by atoms with Gasteiger partial charge in [0.25, 0.3) is 0 Å². The minimum atomic E-state index is -1.15. The largest absolute Gasteiger partial charge is 0.481 e.